The van der Waals surface area contributed by atoms with Crippen LogP contribution in [-0.4, -0.2) is 14.5 Å². The molecule has 1 unspecified atom stereocenters. The molecule has 2 rings (SSSR count). The molecule has 0 aromatic carbocycles. The van der Waals surface area contributed by atoms with Gasteiger partial charge in [0.2, 0.25) is 0 Å². The van der Waals surface area contributed by atoms with Gasteiger partial charge in [-0.05, 0) is 37.7 Å². The second-order valence-corrected chi connectivity index (χ2v) is 4.00. The predicted molar refractivity (Wildman–Crippen MR) is 62.4 cm³/mol. The Labute approximate surface area is 93.8 Å². The molecule has 0 spiro atoms. The summed E-state index contributed by atoms with van der Waals surface area (Å²) in [4.78, 5) is 7.23. The Balaban J connectivity index is 2.41. The molecule has 15 heavy (non-hydrogen) atoms. The van der Waals surface area contributed by atoms with Gasteiger partial charge in [0.05, 0.1) is 6.04 Å². The van der Waals surface area contributed by atoms with Crippen LogP contribution in [0.15, 0.2) is 30.7 Å². The quantitative estimate of drug-likeness (QED) is 0.788. The minimum Gasteiger partial charge on any atom is -0.335 e. The zero-order valence-corrected chi connectivity index (χ0v) is 9.58. The third kappa shape index (κ3) is 1.99. The maximum absolute atomic E-state index is 5.24. The Morgan fingerprint density at radius 3 is 2.87 bits per heavy atom. The lowest BCUT2D eigenvalue weighted by molar-refractivity contribution is 0.627. The van der Waals surface area contributed by atoms with E-state index in [1.54, 1.807) is 6.20 Å². The number of aryl methyl sites for hydroxylation is 1. The van der Waals surface area contributed by atoms with Crippen molar-refractivity contribution in [2.45, 2.75) is 19.9 Å². The molecule has 1 N–H and O–H groups in total. The normalized spacial score (nSPS) is 12.7. The summed E-state index contributed by atoms with van der Waals surface area (Å²) in [5, 5.41) is 0. The predicted octanol–water partition coefficient (Wildman–Crippen LogP) is 2.86. The number of pyridine rings is 1. The molecule has 4 heteroatoms. The first-order chi connectivity index (χ1) is 7.18. The molecule has 0 saturated heterocycles. The van der Waals surface area contributed by atoms with Gasteiger partial charge in [0.1, 0.15) is 0 Å². The van der Waals surface area contributed by atoms with Crippen molar-refractivity contribution in [2.75, 3.05) is 0 Å². The zero-order chi connectivity index (χ0) is 10.8. The highest BCUT2D eigenvalue weighted by Gasteiger charge is 2.08. The molecule has 1 atom stereocenters. The van der Waals surface area contributed by atoms with Crippen LogP contribution in [0.1, 0.15) is 24.2 Å². The number of imidazole rings is 1. The summed E-state index contributed by atoms with van der Waals surface area (Å²) in [6.45, 7) is 4.11. The van der Waals surface area contributed by atoms with Crippen molar-refractivity contribution in [2.24, 2.45) is 0 Å². The molecular formula is C11H13N3S. The summed E-state index contributed by atoms with van der Waals surface area (Å²) in [5.41, 5.74) is 2.24. The Bertz CT molecular complexity index is 498. The van der Waals surface area contributed by atoms with Crippen molar-refractivity contribution in [1.29, 1.82) is 0 Å². The van der Waals surface area contributed by atoms with Gasteiger partial charge in [-0.1, -0.05) is 6.07 Å². The molecule has 0 aliphatic heterocycles. The van der Waals surface area contributed by atoms with E-state index in [-0.39, 0.29) is 6.04 Å². The van der Waals surface area contributed by atoms with Crippen LogP contribution in [0.2, 0.25) is 0 Å². The Morgan fingerprint density at radius 1 is 1.53 bits per heavy atom. The number of aromatic nitrogens is 3. The lowest BCUT2D eigenvalue weighted by Crippen LogP contribution is -2.05. The topological polar surface area (TPSA) is 33.6 Å². The van der Waals surface area contributed by atoms with Crippen molar-refractivity contribution >= 4 is 12.2 Å². The largest absolute Gasteiger partial charge is 0.335 e. The minimum atomic E-state index is 0.219. The monoisotopic (exact) mass is 219 g/mol. The number of nitrogens with zero attached hydrogens (tertiary/aromatic N) is 2. The minimum absolute atomic E-state index is 0.219. The van der Waals surface area contributed by atoms with Gasteiger partial charge < -0.3 is 9.55 Å². The highest BCUT2D eigenvalue weighted by atomic mass is 32.1. The first-order valence-corrected chi connectivity index (χ1v) is 5.27. The molecular weight excluding hydrogens is 206 g/mol. The van der Waals surface area contributed by atoms with Gasteiger partial charge in [0.15, 0.2) is 4.77 Å². The van der Waals surface area contributed by atoms with Crippen molar-refractivity contribution in [3.05, 3.63) is 46.8 Å². The van der Waals surface area contributed by atoms with Crippen LogP contribution in [0.4, 0.5) is 0 Å². The van der Waals surface area contributed by atoms with Crippen molar-refractivity contribution < 1.29 is 0 Å². The lowest BCUT2D eigenvalue weighted by atomic mass is 10.1. The second-order valence-electron chi connectivity index (χ2n) is 3.61. The zero-order valence-electron chi connectivity index (χ0n) is 8.77. The van der Waals surface area contributed by atoms with Gasteiger partial charge >= 0.3 is 0 Å². The molecule has 2 aromatic heterocycles. The molecule has 0 amide bonds. The number of hydrogen-bond donors (Lipinski definition) is 1. The van der Waals surface area contributed by atoms with Gasteiger partial charge in [-0.3, -0.25) is 4.98 Å². The molecule has 0 radical (unpaired) electrons. The van der Waals surface area contributed by atoms with Crippen LogP contribution in [0.25, 0.3) is 0 Å². The van der Waals surface area contributed by atoms with E-state index < -0.39 is 0 Å². The number of hydrogen-bond acceptors (Lipinski definition) is 2. The number of aromatic amines is 1. The van der Waals surface area contributed by atoms with Gasteiger partial charge in [-0.15, -0.1) is 0 Å². The Hall–Kier alpha value is -1.42. The molecule has 78 valence electrons. The molecule has 2 heterocycles. The van der Waals surface area contributed by atoms with E-state index in [9.17, 15) is 0 Å². The van der Waals surface area contributed by atoms with Crippen LogP contribution < -0.4 is 0 Å². The summed E-state index contributed by atoms with van der Waals surface area (Å²) in [6, 6.07) is 4.22. The van der Waals surface area contributed by atoms with Crippen molar-refractivity contribution in [3.63, 3.8) is 0 Å². The second kappa shape index (κ2) is 3.98. The smallest absolute Gasteiger partial charge is 0.177 e. The lowest BCUT2D eigenvalue weighted by Gasteiger charge is -2.12. The molecule has 0 aliphatic carbocycles. The highest BCUT2D eigenvalue weighted by molar-refractivity contribution is 7.71. The van der Waals surface area contributed by atoms with Gasteiger partial charge in [-0.2, -0.15) is 0 Å². The maximum atomic E-state index is 5.24. The van der Waals surface area contributed by atoms with E-state index in [0.717, 1.165) is 16.0 Å². The van der Waals surface area contributed by atoms with Crippen LogP contribution >= 0.6 is 12.2 Å². The fourth-order valence-electron chi connectivity index (χ4n) is 1.60. The van der Waals surface area contributed by atoms with E-state index in [1.807, 2.05) is 30.0 Å². The summed E-state index contributed by atoms with van der Waals surface area (Å²) in [6.07, 6.45) is 5.67. The van der Waals surface area contributed by atoms with Gasteiger partial charge in [0.25, 0.3) is 0 Å². The number of nitrogens with one attached hydrogen (secondary N) is 1. The molecule has 2 aromatic rings. The van der Waals surface area contributed by atoms with E-state index in [2.05, 4.69) is 23.0 Å². The fraction of sp³-hybridized carbons (Fsp3) is 0.273. The maximum Gasteiger partial charge on any atom is 0.177 e. The first-order valence-electron chi connectivity index (χ1n) is 4.86. The van der Waals surface area contributed by atoms with Crippen molar-refractivity contribution in [1.82, 2.24) is 14.5 Å². The first kappa shape index (κ1) is 10.1. The Kier molecular flexibility index (Phi) is 2.68. The Morgan fingerprint density at radius 2 is 2.33 bits per heavy atom. The van der Waals surface area contributed by atoms with E-state index in [0.29, 0.717) is 0 Å². The highest BCUT2D eigenvalue weighted by Crippen LogP contribution is 2.17. The van der Waals surface area contributed by atoms with Crippen LogP contribution in [0, 0.1) is 11.7 Å². The summed E-state index contributed by atoms with van der Waals surface area (Å²) >= 11 is 5.24. The molecule has 0 bridgehead atoms. The van der Waals surface area contributed by atoms with Crippen LogP contribution in [0.5, 0.6) is 0 Å². The summed E-state index contributed by atoms with van der Waals surface area (Å²) < 4.78 is 2.80. The summed E-state index contributed by atoms with van der Waals surface area (Å²) in [5.74, 6) is 0. The van der Waals surface area contributed by atoms with Gasteiger partial charge in [-0.25, -0.2) is 0 Å². The summed E-state index contributed by atoms with van der Waals surface area (Å²) in [7, 11) is 0. The molecule has 3 nitrogen and oxygen atoms in total. The average molecular weight is 219 g/mol. The van der Waals surface area contributed by atoms with Crippen molar-refractivity contribution in [3.8, 4) is 0 Å². The average Bonchev–Trinajstić information content (AvgIpc) is 2.58. The fourth-order valence-corrected chi connectivity index (χ4v) is 1.98. The molecule has 0 saturated carbocycles. The van der Waals surface area contributed by atoms with Gasteiger partial charge in [0, 0.05) is 24.3 Å². The van der Waals surface area contributed by atoms with E-state index in [1.165, 1.54) is 0 Å². The van der Waals surface area contributed by atoms with Crippen LogP contribution in [-0.2, 0) is 0 Å². The molecule has 0 aliphatic rings. The third-order valence-corrected chi connectivity index (χ3v) is 2.77. The number of H-pyrrole nitrogens is 1. The van der Waals surface area contributed by atoms with Crippen LogP contribution in [0.3, 0.4) is 0 Å². The SMILES string of the molecule is Cc1cn(C(C)c2cccnc2)c(=S)[nH]1. The third-order valence-electron chi connectivity index (χ3n) is 2.46. The van der Waals surface area contributed by atoms with E-state index >= 15 is 0 Å². The van der Waals surface area contributed by atoms with E-state index in [4.69, 9.17) is 12.2 Å². The molecule has 0 fully saturated rings. The standard InChI is InChI=1S/C11H13N3S/c1-8-7-14(11(15)13-8)9(2)10-4-3-5-12-6-10/h3-7,9H,1-2H3,(H,13,15). The number of rotatable bonds is 2.